The number of hydrogen-bond donors (Lipinski definition) is 2. The topological polar surface area (TPSA) is 44.9 Å². The summed E-state index contributed by atoms with van der Waals surface area (Å²) < 4.78 is 0. The van der Waals surface area contributed by atoms with Gasteiger partial charge in [-0.15, -0.1) is 0 Å². The zero-order valence-electron chi connectivity index (χ0n) is 9.63. The average Bonchev–Trinajstić information content (AvgIpc) is 2.62. The third-order valence-electron chi connectivity index (χ3n) is 2.77. The molecule has 3 nitrogen and oxygen atoms in total. The van der Waals surface area contributed by atoms with Crippen LogP contribution < -0.4 is 5.32 Å². The Labute approximate surface area is 94.9 Å². The number of aromatic amines is 1. The maximum atomic E-state index is 12.0. The largest absolute Gasteiger partial charge is 0.358 e. The van der Waals surface area contributed by atoms with Crippen LogP contribution in [0.4, 0.5) is 0 Å². The van der Waals surface area contributed by atoms with E-state index in [-0.39, 0.29) is 5.78 Å². The van der Waals surface area contributed by atoms with E-state index in [9.17, 15) is 4.79 Å². The van der Waals surface area contributed by atoms with E-state index >= 15 is 0 Å². The molecule has 0 unspecified atom stereocenters. The number of aromatic nitrogens is 1. The number of rotatable bonds is 4. The number of aryl methyl sites for hydroxylation is 1. The zero-order chi connectivity index (χ0) is 11.5. The number of para-hydroxylation sites is 1. The van der Waals surface area contributed by atoms with Crippen molar-refractivity contribution in [2.24, 2.45) is 0 Å². The van der Waals surface area contributed by atoms with Crippen molar-refractivity contribution in [2.45, 2.75) is 13.3 Å². The van der Waals surface area contributed by atoms with Crippen LogP contribution in [-0.2, 0) is 0 Å². The second-order valence-electron chi connectivity index (χ2n) is 3.95. The summed E-state index contributed by atoms with van der Waals surface area (Å²) >= 11 is 0. The molecule has 0 amide bonds. The fraction of sp³-hybridized carbons (Fsp3) is 0.308. The van der Waals surface area contributed by atoms with E-state index in [2.05, 4.69) is 10.3 Å². The van der Waals surface area contributed by atoms with Crippen molar-refractivity contribution in [1.29, 1.82) is 0 Å². The summed E-state index contributed by atoms with van der Waals surface area (Å²) in [6.45, 7) is 2.67. The second-order valence-corrected chi connectivity index (χ2v) is 3.95. The van der Waals surface area contributed by atoms with Gasteiger partial charge in [0.1, 0.15) is 0 Å². The summed E-state index contributed by atoms with van der Waals surface area (Å²) in [5.41, 5.74) is 2.83. The van der Waals surface area contributed by atoms with E-state index in [1.54, 1.807) is 0 Å². The number of ketones is 1. The molecule has 0 radical (unpaired) electrons. The van der Waals surface area contributed by atoms with Gasteiger partial charge in [0, 0.05) is 35.1 Å². The van der Waals surface area contributed by atoms with Crippen molar-refractivity contribution in [3.05, 3.63) is 35.5 Å². The molecule has 2 aromatic rings. The molecule has 1 aromatic carbocycles. The number of carbonyl (C=O) groups is 1. The van der Waals surface area contributed by atoms with Gasteiger partial charge in [-0.3, -0.25) is 4.79 Å². The van der Waals surface area contributed by atoms with E-state index < -0.39 is 0 Å². The Kier molecular flexibility index (Phi) is 3.06. The number of hydrogen-bond acceptors (Lipinski definition) is 2. The molecular formula is C13H16N2O. The maximum absolute atomic E-state index is 12.0. The first kappa shape index (κ1) is 10.9. The highest BCUT2D eigenvalue weighted by atomic mass is 16.1. The van der Waals surface area contributed by atoms with Gasteiger partial charge in [-0.05, 0) is 20.0 Å². The van der Waals surface area contributed by atoms with Crippen molar-refractivity contribution < 1.29 is 4.79 Å². The summed E-state index contributed by atoms with van der Waals surface area (Å²) in [5, 5.41) is 4.03. The lowest BCUT2D eigenvalue weighted by atomic mass is 10.0. The van der Waals surface area contributed by atoms with Crippen LogP contribution >= 0.6 is 0 Å². The molecule has 0 spiro atoms. The third kappa shape index (κ3) is 1.86. The molecule has 2 N–H and O–H groups in total. The predicted octanol–water partition coefficient (Wildman–Crippen LogP) is 2.27. The molecule has 1 heterocycles. The van der Waals surface area contributed by atoms with Gasteiger partial charge in [-0.1, -0.05) is 18.2 Å². The summed E-state index contributed by atoms with van der Waals surface area (Å²) in [7, 11) is 1.86. The van der Waals surface area contributed by atoms with E-state index in [0.29, 0.717) is 6.42 Å². The quantitative estimate of drug-likeness (QED) is 0.770. The molecule has 1 aromatic heterocycles. The van der Waals surface area contributed by atoms with Gasteiger partial charge in [0.2, 0.25) is 0 Å². The van der Waals surface area contributed by atoms with Gasteiger partial charge in [0.15, 0.2) is 5.78 Å². The molecule has 0 aliphatic heterocycles. The number of H-pyrrole nitrogens is 1. The van der Waals surface area contributed by atoms with E-state index in [4.69, 9.17) is 0 Å². The van der Waals surface area contributed by atoms with Crippen LogP contribution in [0.1, 0.15) is 22.5 Å². The fourth-order valence-electron chi connectivity index (χ4n) is 2.00. The van der Waals surface area contributed by atoms with Gasteiger partial charge in [-0.25, -0.2) is 0 Å². The van der Waals surface area contributed by atoms with Crippen LogP contribution in [0.3, 0.4) is 0 Å². The normalized spacial score (nSPS) is 10.9. The molecule has 0 fully saturated rings. The average molecular weight is 216 g/mol. The van der Waals surface area contributed by atoms with Gasteiger partial charge in [-0.2, -0.15) is 0 Å². The lowest BCUT2D eigenvalue weighted by Crippen LogP contribution is -2.13. The molecule has 16 heavy (non-hydrogen) atoms. The molecule has 2 rings (SSSR count). The predicted molar refractivity (Wildman–Crippen MR) is 65.9 cm³/mol. The molecule has 0 bridgehead atoms. The van der Waals surface area contributed by atoms with Crippen LogP contribution in [0, 0.1) is 6.92 Å². The smallest absolute Gasteiger partial charge is 0.166 e. The SMILES string of the molecule is CNCCC(=O)c1c(C)[nH]c2ccccc12. The van der Waals surface area contributed by atoms with Crippen molar-refractivity contribution in [3.63, 3.8) is 0 Å². The van der Waals surface area contributed by atoms with Gasteiger partial charge < -0.3 is 10.3 Å². The van der Waals surface area contributed by atoms with Crippen LogP contribution in [0.5, 0.6) is 0 Å². The second kappa shape index (κ2) is 4.49. The number of Topliss-reactive ketones (excluding diaryl/α,β-unsaturated/α-hetero) is 1. The Hall–Kier alpha value is -1.61. The summed E-state index contributed by atoms with van der Waals surface area (Å²) in [5.74, 6) is 0.198. The lowest BCUT2D eigenvalue weighted by molar-refractivity contribution is 0.0984. The summed E-state index contributed by atoms with van der Waals surface area (Å²) in [6, 6.07) is 7.92. The highest BCUT2D eigenvalue weighted by Crippen LogP contribution is 2.22. The first-order chi connectivity index (χ1) is 7.74. The van der Waals surface area contributed by atoms with Crippen molar-refractivity contribution in [2.75, 3.05) is 13.6 Å². The minimum atomic E-state index is 0.198. The Balaban J connectivity index is 2.43. The molecule has 84 valence electrons. The molecule has 0 saturated carbocycles. The number of nitrogens with one attached hydrogen (secondary N) is 2. The number of fused-ring (bicyclic) bond motifs is 1. The minimum absolute atomic E-state index is 0.198. The van der Waals surface area contributed by atoms with E-state index in [1.165, 1.54) is 0 Å². The first-order valence-corrected chi connectivity index (χ1v) is 5.49. The van der Waals surface area contributed by atoms with E-state index in [1.807, 2.05) is 38.2 Å². The Morgan fingerprint density at radius 2 is 2.12 bits per heavy atom. The molecule has 0 aliphatic rings. The van der Waals surface area contributed by atoms with E-state index in [0.717, 1.165) is 28.7 Å². The molecule has 3 heteroatoms. The highest BCUT2D eigenvalue weighted by Gasteiger charge is 2.14. The summed E-state index contributed by atoms with van der Waals surface area (Å²) in [4.78, 5) is 15.3. The van der Waals surface area contributed by atoms with Crippen molar-refractivity contribution >= 4 is 16.7 Å². The van der Waals surface area contributed by atoms with Crippen LogP contribution in [-0.4, -0.2) is 24.4 Å². The molecular weight excluding hydrogens is 200 g/mol. The maximum Gasteiger partial charge on any atom is 0.166 e. The third-order valence-corrected chi connectivity index (χ3v) is 2.77. The van der Waals surface area contributed by atoms with Crippen molar-refractivity contribution in [1.82, 2.24) is 10.3 Å². The van der Waals surface area contributed by atoms with Gasteiger partial charge >= 0.3 is 0 Å². The minimum Gasteiger partial charge on any atom is -0.358 e. The molecule has 0 saturated heterocycles. The van der Waals surface area contributed by atoms with Crippen LogP contribution in [0.25, 0.3) is 10.9 Å². The molecule has 0 aliphatic carbocycles. The lowest BCUT2D eigenvalue weighted by Gasteiger charge is -2.00. The molecule has 0 atom stereocenters. The van der Waals surface area contributed by atoms with Crippen molar-refractivity contribution in [3.8, 4) is 0 Å². The highest BCUT2D eigenvalue weighted by molar-refractivity contribution is 6.09. The zero-order valence-corrected chi connectivity index (χ0v) is 9.63. The Bertz CT molecular complexity index is 514. The summed E-state index contributed by atoms with van der Waals surface area (Å²) in [6.07, 6.45) is 0.541. The Morgan fingerprint density at radius 1 is 1.38 bits per heavy atom. The Morgan fingerprint density at radius 3 is 2.88 bits per heavy atom. The number of carbonyl (C=O) groups excluding carboxylic acids is 1. The fourth-order valence-corrected chi connectivity index (χ4v) is 2.00. The number of benzene rings is 1. The van der Waals surface area contributed by atoms with Crippen LogP contribution in [0.15, 0.2) is 24.3 Å². The first-order valence-electron chi connectivity index (χ1n) is 5.49. The van der Waals surface area contributed by atoms with Gasteiger partial charge in [0.05, 0.1) is 0 Å². The van der Waals surface area contributed by atoms with Crippen LogP contribution in [0.2, 0.25) is 0 Å². The van der Waals surface area contributed by atoms with Gasteiger partial charge in [0.25, 0.3) is 0 Å². The monoisotopic (exact) mass is 216 g/mol. The standard InChI is InChI=1S/C13H16N2O/c1-9-13(12(16)7-8-14-2)10-5-3-4-6-11(10)15-9/h3-6,14-15H,7-8H2,1-2H3.